The third kappa shape index (κ3) is 4.04. The molecule has 140 valence electrons. The van der Waals surface area contributed by atoms with Crippen molar-refractivity contribution in [2.45, 2.75) is 51.1 Å². The van der Waals surface area contributed by atoms with E-state index in [1.807, 2.05) is 18.2 Å². The zero-order valence-electron chi connectivity index (χ0n) is 15.0. The van der Waals surface area contributed by atoms with E-state index >= 15 is 0 Å². The molecule has 1 aliphatic carbocycles. The molecule has 7 heteroatoms. The number of hydrazine groups is 1. The molecule has 3 atom stereocenters. The van der Waals surface area contributed by atoms with Gasteiger partial charge in [-0.1, -0.05) is 37.5 Å². The smallest absolute Gasteiger partial charge is 0.288 e. The van der Waals surface area contributed by atoms with E-state index in [4.69, 9.17) is 0 Å². The maximum atomic E-state index is 12.7. The number of amidine groups is 1. The maximum Gasteiger partial charge on any atom is 0.288 e. The number of hydrogen-bond acceptors (Lipinski definition) is 5. The van der Waals surface area contributed by atoms with Gasteiger partial charge in [0.2, 0.25) is 5.84 Å². The molecule has 1 aromatic rings. The molecule has 1 fully saturated rings. The van der Waals surface area contributed by atoms with E-state index in [1.165, 1.54) is 5.01 Å². The number of nitrogens with one attached hydrogen (secondary N) is 2. The molecule has 0 aromatic heterocycles. The summed E-state index contributed by atoms with van der Waals surface area (Å²) >= 11 is 0. The molecule has 1 aliphatic heterocycles. The minimum Gasteiger partial charge on any atom is -0.396 e. The largest absolute Gasteiger partial charge is 0.396 e. The quantitative estimate of drug-likeness (QED) is 0.709. The second-order valence-corrected chi connectivity index (χ2v) is 6.94. The SMILES string of the molecule is CC1N=C(C(=O)NC2CCCCCC2CO)NN(c2ccccc2)C1=O. The van der Waals surface area contributed by atoms with Crippen molar-refractivity contribution < 1.29 is 14.7 Å². The van der Waals surface area contributed by atoms with Crippen molar-refractivity contribution in [3.8, 4) is 0 Å². The minimum atomic E-state index is -0.639. The Bertz CT molecular complexity index is 677. The number of amides is 2. The van der Waals surface area contributed by atoms with Crippen LogP contribution in [0, 0.1) is 5.92 Å². The fraction of sp³-hybridized carbons (Fsp3) is 0.526. The minimum absolute atomic E-state index is 0.0647. The van der Waals surface area contributed by atoms with E-state index in [9.17, 15) is 14.7 Å². The van der Waals surface area contributed by atoms with Crippen molar-refractivity contribution in [3.63, 3.8) is 0 Å². The first kappa shape index (κ1) is 18.4. The Balaban J connectivity index is 1.74. The zero-order valence-corrected chi connectivity index (χ0v) is 15.0. The average molecular weight is 358 g/mol. The van der Waals surface area contributed by atoms with Gasteiger partial charge < -0.3 is 10.4 Å². The van der Waals surface area contributed by atoms with Crippen LogP contribution in [0.15, 0.2) is 35.3 Å². The summed E-state index contributed by atoms with van der Waals surface area (Å²) in [5.74, 6) is -0.358. The summed E-state index contributed by atoms with van der Waals surface area (Å²) in [6, 6.07) is 8.41. The third-order valence-corrected chi connectivity index (χ3v) is 5.06. The number of hydrogen-bond donors (Lipinski definition) is 3. The number of nitrogens with zero attached hydrogens (tertiary/aromatic N) is 2. The van der Waals surface area contributed by atoms with E-state index < -0.39 is 6.04 Å². The van der Waals surface area contributed by atoms with Gasteiger partial charge in [0.15, 0.2) is 0 Å². The molecule has 7 nitrogen and oxygen atoms in total. The topological polar surface area (TPSA) is 94.0 Å². The summed E-state index contributed by atoms with van der Waals surface area (Å²) in [6.45, 7) is 1.74. The lowest BCUT2D eigenvalue weighted by atomic mass is 9.95. The van der Waals surface area contributed by atoms with Gasteiger partial charge in [-0.15, -0.1) is 0 Å². The van der Waals surface area contributed by atoms with Gasteiger partial charge in [-0.2, -0.15) is 0 Å². The molecular weight excluding hydrogens is 332 g/mol. The van der Waals surface area contributed by atoms with Gasteiger partial charge in [-0.25, -0.2) is 10.0 Å². The third-order valence-electron chi connectivity index (χ3n) is 5.06. The van der Waals surface area contributed by atoms with Crippen LogP contribution in [0.4, 0.5) is 5.69 Å². The molecule has 0 bridgehead atoms. The van der Waals surface area contributed by atoms with Crippen molar-refractivity contribution >= 4 is 23.3 Å². The number of aliphatic hydroxyl groups is 1. The molecule has 1 heterocycles. The monoisotopic (exact) mass is 358 g/mol. The fourth-order valence-corrected chi connectivity index (χ4v) is 3.53. The average Bonchev–Trinajstić information content (AvgIpc) is 2.89. The normalized spacial score (nSPS) is 26.5. The number of aliphatic imine (C=N–C) groups is 1. The highest BCUT2D eigenvalue weighted by molar-refractivity contribution is 6.39. The van der Waals surface area contributed by atoms with Gasteiger partial charge in [0.1, 0.15) is 6.04 Å². The van der Waals surface area contributed by atoms with Crippen molar-refractivity contribution in [2.24, 2.45) is 10.9 Å². The van der Waals surface area contributed by atoms with Crippen LogP contribution in [0.3, 0.4) is 0 Å². The first-order valence-corrected chi connectivity index (χ1v) is 9.25. The predicted molar refractivity (Wildman–Crippen MR) is 99.6 cm³/mol. The van der Waals surface area contributed by atoms with E-state index in [0.29, 0.717) is 5.69 Å². The molecule has 26 heavy (non-hydrogen) atoms. The molecule has 2 aliphatic rings. The first-order valence-electron chi connectivity index (χ1n) is 9.25. The number of aliphatic hydroxyl groups excluding tert-OH is 1. The van der Waals surface area contributed by atoms with E-state index in [1.54, 1.807) is 19.1 Å². The van der Waals surface area contributed by atoms with Crippen molar-refractivity contribution in [1.29, 1.82) is 0 Å². The van der Waals surface area contributed by atoms with E-state index in [-0.39, 0.29) is 36.2 Å². The van der Waals surface area contributed by atoms with Gasteiger partial charge in [-0.3, -0.25) is 15.0 Å². The maximum absolute atomic E-state index is 12.7. The molecule has 2 amide bonds. The van der Waals surface area contributed by atoms with Crippen LogP contribution in [0.2, 0.25) is 0 Å². The number of carbonyl (C=O) groups excluding carboxylic acids is 2. The summed E-state index contributed by atoms with van der Waals surface area (Å²) in [5.41, 5.74) is 3.51. The zero-order chi connectivity index (χ0) is 18.5. The lowest BCUT2D eigenvalue weighted by Gasteiger charge is -2.31. The van der Waals surface area contributed by atoms with E-state index in [2.05, 4.69) is 15.7 Å². The highest BCUT2D eigenvalue weighted by Gasteiger charge is 2.32. The Kier molecular flexibility index (Phi) is 5.88. The Morgan fingerprint density at radius 3 is 2.73 bits per heavy atom. The van der Waals surface area contributed by atoms with Crippen molar-refractivity contribution in [2.75, 3.05) is 11.6 Å². The summed E-state index contributed by atoms with van der Waals surface area (Å²) in [4.78, 5) is 29.4. The molecule has 3 rings (SSSR count). The highest BCUT2D eigenvalue weighted by atomic mass is 16.3. The molecule has 3 N–H and O–H groups in total. The molecule has 0 saturated heterocycles. The lowest BCUT2D eigenvalue weighted by Crippen LogP contribution is -2.59. The molecule has 0 spiro atoms. The molecular formula is C19H26N4O3. The number of para-hydroxylation sites is 1. The van der Waals surface area contributed by atoms with Crippen LogP contribution < -0.4 is 15.8 Å². The molecule has 3 unspecified atom stereocenters. The van der Waals surface area contributed by atoms with Crippen molar-refractivity contribution in [3.05, 3.63) is 30.3 Å². The Morgan fingerprint density at radius 2 is 2.00 bits per heavy atom. The second kappa shape index (κ2) is 8.31. The Morgan fingerprint density at radius 1 is 1.27 bits per heavy atom. The molecule has 1 aromatic carbocycles. The van der Waals surface area contributed by atoms with Crippen LogP contribution in [-0.2, 0) is 9.59 Å². The summed E-state index contributed by atoms with van der Waals surface area (Å²) in [6.07, 6.45) is 4.99. The standard InChI is InChI=1S/C19H26N4O3/c1-13-19(26)23(15-9-5-3-6-10-15)22-17(20-13)18(25)21-16-11-7-2-4-8-14(16)12-24/h3,5-6,9-10,13-14,16,24H,2,4,7-8,11-12H2,1H3,(H,20,22)(H,21,25). The highest BCUT2D eigenvalue weighted by Crippen LogP contribution is 2.23. The Hall–Kier alpha value is -2.41. The van der Waals surface area contributed by atoms with Crippen LogP contribution >= 0.6 is 0 Å². The predicted octanol–water partition coefficient (Wildman–Crippen LogP) is 1.38. The fourth-order valence-electron chi connectivity index (χ4n) is 3.53. The number of benzene rings is 1. The number of carbonyl (C=O) groups is 2. The summed E-state index contributed by atoms with van der Waals surface area (Å²) in [7, 11) is 0. The van der Waals surface area contributed by atoms with Crippen LogP contribution in [0.25, 0.3) is 0 Å². The number of anilines is 1. The van der Waals surface area contributed by atoms with Crippen LogP contribution in [0.5, 0.6) is 0 Å². The van der Waals surface area contributed by atoms with Crippen molar-refractivity contribution in [1.82, 2.24) is 10.7 Å². The van der Waals surface area contributed by atoms with E-state index in [0.717, 1.165) is 32.1 Å². The van der Waals surface area contributed by atoms with Gasteiger partial charge in [0.25, 0.3) is 11.8 Å². The molecule has 1 saturated carbocycles. The van der Waals surface area contributed by atoms with Crippen LogP contribution in [0.1, 0.15) is 39.0 Å². The first-order chi connectivity index (χ1) is 12.6. The number of rotatable bonds is 4. The van der Waals surface area contributed by atoms with Gasteiger partial charge in [0, 0.05) is 18.6 Å². The summed E-state index contributed by atoms with van der Waals surface area (Å²) < 4.78 is 0. The Labute approximate surface area is 153 Å². The molecule has 0 radical (unpaired) electrons. The van der Waals surface area contributed by atoms with Gasteiger partial charge in [0.05, 0.1) is 5.69 Å². The van der Waals surface area contributed by atoms with Gasteiger partial charge in [-0.05, 0) is 31.9 Å². The van der Waals surface area contributed by atoms with Crippen LogP contribution in [-0.4, -0.2) is 41.4 Å². The summed E-state index contributed by atoms with van der Waals surface area (Å²) in [5, 5.41) is 14.0. The van der Waals surface area contributed by atoms with Gasteiger partial charge >= 0.3 is 0 Å². The second-order valence-electron chi connectivity index (χ2n) is 6.94. The lowest BCUT2D eigenvalue weighted by molar-refractivity contribution is -0.120.